The van der Waals surface area contributed by atoms with Gasteiger partial charge >= 0.3 is 5.97 Å². The fourth-order valence-corrected chi connectivity index (χ4v) is 7.59. The lowest BCUT2D eigenvalue weighted by Crippen LogP contribution is -2.41. The van der Waals surface area contributed by atoms with Crippen LogP contribution in [-0.2, 0) is 15.4 Å². The first kappa shape index (κ1) is 29.9. The van der Waals surface area contributed by atoms with Crippen molar-refractivity contribution >= 4 is 39.2 Å². The summed E-state index contributed by atoms with van der Waals surface area (Å²) in [5.41, 5.74) is -2.75. The molecule has 40 heavy (non-hydrogen) atoms. The molecule has 3 atom stereocenters. The lowest BCUT2D eigenvalue weighted by molar-refractivity contribution is 0.0696. The van der Waals surface area contributed by atoms with Gasteiger partial charge in [-0.25, -0.2) is 22.0 Å². The van der Waals surface area contributed by atoms with Gasteiger partial charge in [0.05, 0.1) is 27.6 Å². The third-order valence-electron chi connectivity index (χ3n) is 7.17. The molecule has 4 rings (SSSR count). The molecule has 1 N–H and O–H groups in total. The highest BCUT2D eigenvalue weighted by atomic mass is 35.5. The van der Waals surface area contributed by atoms with Crippen LogP contribution in [0.2, 0.25) is 10.0 Å². The average Bonchev–Trinajstić information content (AvgIpc) is 3.19. The summed E-state index contributed by atoms with van der Waals surface area (Å²) in [6.45, 7) is 5.48. The average molecular weight is 608 g/mol. The molecule has 0 amide bonds. The predicted octanol–water partition coefficient (Wildman–Crippen LogP) is 7.23. The third-order valence-corrected chi connectivity index (χ3v) is 9.54. The van der Waals surface area contributed by atoms with Crippen LogP contribution >= 0.6 is 23.2 Å². The third kappa shape index (κ3) is 5.21. The number of benzene rings is 3. The van der Waals surface area contributed by atoms with E-state index in [0.29, 0.717) is 0 Å². The van der Waals surface area contributed by atoms with Crippen molar-refractivity contribution in [3.8, 4) is 6.07 Å². The quantitative estimate of drug-likeness (QED) is 0.319. The Balaban J connectivity index is 2.06. The number of hydrogen-bond donors (Lipinski definition) is 1. The zero-order chi connectivity index (χ0) is 29.6. The summed E-state index contributed by atoms with van der Waals surface area (Å²) in [5.74, 6) is -3.79. The number of hydrogen-bond acceptors (Lipinski definition) is 4. The Kier molecular flexibility index (Phi) is 8.05. The van der Waals surface area contributed by atoms with Crippen LogP contribution in [-0.4, -0.2) is 30.3 Å². The number of nitrogens with zero attached hydrogens (tertiary/aromatic N) is 2. The maximum absolute atomic E-state index is 15.7. The molecule has 6 nitrogen and oxygen atoms in total. The lowest BCUT2D eigenvalue weighted by Gasteiger charge is -2.38. The predicted molar refractivity (Wildman–Crippen MR) is 148 cm³/mol. The minimum atomic E-state index is -4.48. The van der Waals surface area contributed by atoms with E-state index in [1.54, 1.807) is 0 Å². The van der Waals surface area contributed by atoms with Gasteiger partial charge in [-0.05, 0) is 60.2 Å². The minimum Gasteiger partial charge on any atom is -0.478 e. The van der Waals surface area contributed by atoms with Crippen molar-refractivity contribution in [1.29, 1.82) is 5.26 Å². The number of carboxylic acids is 1. The number of halogens is 4. The van der Waals surface area contributed by atoms with Gasteiger partial charge < -0.3 is 5.11 Å². The molecule has 1 heterocycles. The van der Waals surface area contributed by atoms with Crippen molar-refractivity contribution in [2.75, 3.05) is 6.54 Å². The van der Waals surface area contributed by atoms with Crippen molar-refractivity contribution in [1.82, 2.24) is 4.31 Å². The lowest BCUT2D eigenvalue weighted by atomic mass is 9.63. The molecule has 0 spiro atoms. The molecule has 0 aromatic heterocycles. The van der Waals surface area contributed by atoms with Gasteiger partial charge in [-0.15, -0.1) is 0 Å². The Morgan fingerprint density at radius 2 is 1.77 bits per heavy atom. The summed E-state index contributed by atoms with van der Waals surface area (Å²) < 4.78 is 60.8. The summed E-state index contributed by atoms with van der Waals surface area (Å²) in [6, 6.07) is 13.1. The zero-order valence-electron chi connectivity index (χ0n) is 21.8. The number of rotatable bonds is 6. The second-order valence-corrected chi connectivity index (χ2v) is 13.8. The molecule has 0 unspecified atom stereocenters. The molecule has 1 saturated heterocycles. The van der Waals surface area contributed by atoms with E-state index < -0.39 is 50.4 Å². The van der Waals surface area contributed by atoms with Crippen molar-refractivity contribution in [3.63, 3.8) is 0 Å². The van der Waals surface area contributed by atoms with Crippen LogP contribution in [0.3, 0.4) is 0 Å². The first-order valence-corrected chi connectivity index (χ1v) is 14.5. The largest absolute Gasteiger partial charge is 0.478 e. The fourth-order valence-electron chi connectivity index (χ4n) is 5.56. The van der Waals surface area contributed by atoms with Crippen LogP contribution in [0.1, 0.15) is 54.7 Å². The van der Waals surface area contributed by atoms with Gasteiger partial charge in [0, 0.05) is 22.7 Å². The molecule has 3 aromatic carbocycles. The molecule has 0 radical (unpaired) electrons. The number of aromatic carboxylic acids is 1. The first-order valence-electron chi connectivity index (χ1n) is 12.3. The van der Waals surface area contributed by atoms with Crippen LogP contribution < -0.4 is 0 Å². The smallest absolute Gasteiger partial charge is 0.335 e. The van der Waals surface area contributed by atoms with E-state index in [2.05, 4.69) is 6.07 Å². The highest BCUT2D eigenvalue weighted by Crippen LogP contribution is 2.57. The fraction of sp³-hybridized carbons (Fsp3) is 0.310. The molecule has 1 aliphatic heterocycles. The summed E-state index contributed by atoms with van der Waals surface area (Å²) in [4.78, 5) is 11.1. The summed E-state index contributed by atoms with van der Waals surface area (Å²) in [7, 11) is -4.48. The van der Waals surface area contributed by atoms with Gasteiger partial charge in [-0.3, -0.25) is 0 Å². The number of carboxylic acid groups (broad SMARTS) is 1. The normalized spacial score (nSPS) is 21.8. The second-order valence-electron chi connectivity index (χ2n) is 11.0. The molecule has 0 aliphatic carbocycles. The highest BCUT2D eigenvalue weighted by molar-refractivity contribution is 7.89. The van der Waals surface area contributed by atoms with Crippen LogP contribution in [0.25, 0.3) is 0 Å². The van der Waals surface area contributed by atoms with E-state index in [1.807, 2.05) is 20.8 Å². The van der Waals surface area contributed by atoms with Crippen molar-refractivity contribution in [2.45, 2.75) is 43.5 Å². The van der Waals surface area contributed by atoms with E-state index in [-0.39, 0.29) is 44.6 Å². The molecule has 210 valence electrons. The van der Waals surface area contributed by atoms with Crippen molar-refractivity contribution in [3.05, 3.63) is 99.0 Å². The Morgan fingerprint density at radius 3 is 2.33 bits per heavy atom. The van der Waals surface area contributed by atoms with Gasteiger partial charge in [0.25, 0.3) is 0 Å². The topological polar surface area (TPSA) is 98.5 Å². The summed E-state index contributed by atoms with van der Waals surface area (Å²) >= 11 is 12.1. The Bertz CT molecular complexity index is 1620. The zero-order valence-corrected chi connectivity index (χ0v) is 24.2. The maximum atomic E-state index is 15.7. The summed E-state index contributed by atoms with van der Waals surface area (Å²) in [6.07, 6.45) is 0.283. The molecule has 0 saturated carbocycles. The van der Waals surface area contributed by atoms with Crippen LogP contribution in [0.4, 0.5) is 8.78 Å². The second kappa shape index (κ2) is 10.7. The van der Waals surface area contributed by atoms with Gasteiger partial charge in [0.1, 0.15) is 17.0 Å². The SMILES string of the molecule is CC(C)(C)C[C@@H]1CN(S(=O)(=O)c2ccc(C(=O)O)cc2)[C@H](c2cccc(Cl)c2F)[C@@]1(C#N)c1ccc(Cl)cc1F. The molecular weight excluding hydrogens is 581 g/mol. The molecule has 3 aromatic rings. The van der Waals surface area contributed by atoms with E-state index in [4.69, 9.17) is 23.2 Å². The maximum Gasteiger partial charge on any atom is 0.335 e. The Morgan fingerprint density at radius 1 is 1.12 bits per heavy atom. The molecule has 1 fully saturated rings. The molecular formula is C29H26Cl2F2N2O4S. The van der Waals surface area contributed by atoms with Gasteiger partial charge in [-0.1, -0.05) is 62.2 Å². The Hall–Kier alpha value is -3.03. The molecule has 1 aliphatic rings. The van der Waals surface area contributed by atoms with E-state index in [9.17, 15) is 23.6 Å². The monoisotopic (exact) mass is 606 g/mol. The van der Waals surface area contributed by atoms with E-state index >= 15 is 8.78 Å². The first-order chi connectivity index (χ1) is 18.6. The Labute approximate surface area is 241 Å². The molecule has 0 bridgehead atoms. The van der Waals surface area contributed by atoms with Crippen molar-refractivity contribution in [2.24, 2.45) is 11.3 Å². The van der Waals surface area contributed by atoms with E-state index in [1.165, 1.54) is 30.3 Å². The highest BCUT2D eigenvalue weighted by Gasteiger charge is 2.61. The van der Waals surface area contributed by atoms with E-state index in [0.717, 1.165) is 34.6 Å². The number of sulfonamides is 1. The van der Waals surface area contributed by atoms with Crippen LogP contribution in [0.5, 0.6) is 0 Å². The number of carbonyl (C=O) groups is 1. The van der Waals surface area contributed by atoms with Gasteiger partial charge in [0.2, 0.25) is 10.0 Å². The van der Waals surface area contributed by atoms with Crippen LogP contribution in [0.15, 0.2) is 65.6 Å². The van der Waals surface area contributed by atoms with Gasteiger partial charge in [0.15, 0.2) is 0 Å². The van der Waals surface area contributed by atoms with Crippen molar-refractivity contribution < 1.29 is 27.1 Å². The summed E-state index contributed by atoms with van der Waals surface area (Å²) in [5, 5.41) is 19.9. The minimum absolute atomic E-state index is 0.0770. The van der Waals surface area contributed by atoms with Gasteiger partial charge in [-0.2, -0.15) is 9.57 Å². The van der Waals surface area contributed by atoms with Crippen LogP contribution in [0, 0.1) is 34.3 Å². The molecule has 11 heteroatoms. The number of nitriles is 1. The standard InChI is InChI=1S/C29H26Cl2F2N2O4S/c1-28(2,3)14-18-15-35(40(38,39)20-10-7-17(8-11-20)27(36)37)26(21-5-4-6-23(31)25(21)33)29(18,16-34)22-12-9-19(30)13-24(22)32/h4-13,18,26H,14-15H2,1-3H3,(H,36,37)/t18-,26-,29-/m1/s1.